The summed E-state index contributed by atoms with van der Waals surface area (Å²) in [5, 5.41) is 6.47. The Bertz CT molecular complexity index is 539. The molecule has 2 N–H and O–H groups in total. The second-order valence-corrected chi connectivity index (χ2v) is 6.02. The maximum atomic E-state index is 12.2. The number of halogens is 1. The lowest BCUT2D eigenvalue weighted by Gasteiger charge is -2.18. The first kappa shape index (κ1) is 21.7. The van der Waals surface area contributed by atoms with Gasteiger partial charge in [-0.15, -0.1) is 24.0 Å². The van der Waals surface area contributed by atoms with Gasteiger partial charge in [0.25, 0.3) is 0 Å². The van der Waals surface area contributed by atoms with Gasteiger partial charge in [-0.25, -0.2) is 0 Å². The summed E-state index contributed by atoms with van der Waals surface area (Å²) in [5.41, 5.74) is 1.27. The summed E-state index contributed by atoms with van der Waals surface area (Å²) < 4.78 is 5.01. The van der Waals surface area contributed by atoms with Crippen LogP contribution in [0.3, 0.4) is 0 Å². The number of aliphatic imine (C=N–C) groups is 1. The zero-order chi connectivity index (χ0) is 17.2. The van der Waals surface area contributed by atoms with Gasteiger partial charge >= 0.3 is 0 Å². The standard InChI is InChI=1S/C18H28N4O2.HI/c1-19-18(20-9-11-24-2)21-13-16-12-17(23)22(14-16)10-8-15-6-4-3-5-7-15;/h3-7,16H,8-14H2,1-2H3,(H2,19,20,21);1H. The van der Waals surface area contributed by atoms with Crippen molar-refractivity contribution in [2.45, 2.75) is 12.8 Å². The Labute approximate surface area is 167 Å². The highest BCUT2D eigenvalue weighted by Gasteiger charge is 2.29. The first-order chi connectivity index (χ1) is 11.7. The van der Waals surface area contributed by atoms with Crippen LogP contribution in [-0.4, -0.2) is 63.7 Å². The Morgan fingerprint density at radius 3 is 2.76 bits per heavy atom. The van der Waals surface area contributed by atoms with Crippen LogP contribution >= 0.6 is 24.0 Å². The Morgan fingerprint density at radius 1 is 1.32 bits per heavy atom. The van der Waals surface area contributed by atoms with Crippen LogP contribution in [0.2, 0.25) is 0 Å². The molecule has 0 bridgehead atoms. The van der Waals surface area contributed by atoms with Gasteiger partial charge in [-0.05, 0) is 12.0 Å². The van der Waals surface area contributed by atoms with Crippen molar-refractivity contribution in [1.29, 1.82) is 0 Å². The van der Waals surface area contributed by atoms with Gasteiger partial charge in [0.15, 0.2) is 5.96 Å². The lowest BCUT2D eigenvalue weighted by atomic mass is 10.1. The van der Waals surface area contributed by atoms with Gasteiger partial charge < -0.3 is 20.3 Å². The Hall–Kier alpha value is -1.35. The molecule has 0 aromatic heterocycles. The number of likely N-dealkylation sites (tertiary alicyclic amines) is 1. The summed E-state index contributed by atoms with van der Waals surface area (Å²) >= 11 is 0. The number of guanidine groups is 1. The van der Waals surface area contributed by atoms with Crippen LogP contribution in [-0.2, 0) is 16.0 Å². The maximum Gasteiger partial charge on any atom is 0.223 e. The zero-order valence-electron chi connectivity index (χ0n) is 15.0. The molecule has 140 valence electrons. The van der Waals surface area contributed by atoms with Crippen molar-refractivity contribution in [1.82, 2.24) is 15.5 Å². The van der Waals surface area contributed by atoms with Crippen LogP contribution < -0.4 is 10.6 Å². The lowest BCUT2D eigenvalue weighted by Crippen LogP contribution is -2.41. The highest BCUT2D eigenvalue weighted by molar-refractivity contribution is 14.0. The molecule has 0 aliphatic carbocycles. The molecular weight excluding hydrogens is 431 g/mol. The minimum Gasteiger partial charge on any atom is -0.383 e. The summed E-state index contributed by atoms with van der Waals surface area (Å²) in [6.45, 7) is 3.70. The van der Waals surface area contributed by atoms with E-state index in [1.54, 1.807) is 14.2 Å². The van der Waals surface area contributed by atoms with E-state index >= 15 is 0 Å². The van der Waals surface area contributed by atoms with E-state index in [2.05, 4.69) is 27.8 Å². The molecule has 0 spiro atoms. The Balaban J connectivity index is 0.00000312. The molecule has 7 heteroatoms. The molecule has 25 heavy (non-hydrogen) atoms. The summed E-state index contributed by atoms with van der Waals surface area (Å²) in [6, 6.07) is 10.3. The molecule has 1 aromatic rings. The van der Waals surface area contributed by atoms with Crippen molar-refractivity contribution in [3.8, 4) is 0 Å². The Morgan fingerprint density at radius 2 is 2.08 bits per heavy atom. The third-order valence-electron chi connectivity index (χ3n) is 4.19. The van der Waals surface area contributed by atoms with Gasteiger partial charge in [0, 0.05) is 52.7 Å². The van der Waals surface area contributed by atoms with Crippen LogP contribution in [0.5, 0.6) is 0 Å². The van der Waals surface area contributed by atoms with Gasteiger partial charge in [0.2, 0.25) is 5.91 Å². The SMILES string of the molecule is CN=C(NCCOC)NCC1CC(=O)N(CCc2ccccc2)C1.I. The van der Waals surface area contributed by atoms with E-state index in [1.165, 1.54) is 5.56 Å². The molecule has 0 radical (unpaired) electrons. The number of rotatable bonds is 8. The molecule has 2 rings (SSSR count). The van der Waals surface area contributed by atoms with E-state index in [9.17, 15) is 4.79 Å². The summed E-state index contributed by atoms with van der Waals surface area (Å²) in [5.74, 6) is 1.33. The fraction of sp³-hybridized carbons (Fsp3) is 0.556. The first-order valence-corrected chi connectivity index (χ1v) is 8.48. The van der Waals surface area contributed by atoms with Gasteiger partial charge in [0.1, 0.15) is 0 Å². The predicted molar refractivity (Wildman–Crippen MR) is 111 cm³/mol. The molecule has 1 aromatic carbocycles. The lowest BCUT2D eigenvalue weighted by molar-refractivity contribution is -0.127. The normalized spacial score (nSPS) is 17.4. The monoisotopic (exact) mass is 460 g/mol. The minimum atomic E-state index is 0. The highest BCUT2D eigenvalue weighted by atomic mass is 127. The summed E-state index contributed by atoms with van der Waals surface area (Å²) in [7, 11) is 3.42. The molecule has 1 amide bonds. The molecule has 0 saturated carbocycles. The van der Waals surface area contributed by atoms with Crippen molar-refractivity contribution >= 4 is 35.8 Å². The van der Waals surface area contributed by atoms with Gasteiger partial charge in [-0.1, -0.05) is 30.3 Å². The number of ether oxygens (including phenoxy) is 1. The number of nitrogens with zero attached hydrogens (tertiary/aromatic N) is 2. The van der Waals surface area contributed by atoms with Gasteiger partial charge in [-0.3, -0.25) is 9.79 Å². The van der Waals surface area contributed by atoms with Crippen LogP contribution in [0.4, 0.5) is 0 Å². The topological polar surface area (TPSA) is 66.0 Å². The Kier molecular flexibility index (Phi) is 10.5. The average Bonchev–Trinajstić information content (AvgIpc) is 2.97. The van der Waals surface area contributed by atoms with Crippen molar-refractivity contribution in [2.75, 3.05) is 46.9 Å². The van der Waals surface area contributed by atoms with Crippen LogP contribution in [0.15, 0.2) is 35.3 Å². The van der Waals surface area contributed by atoms with Crippen molar-refractivity contribution in [3.63, 3.8) is 0 Å². The third kappa shape index (κ3) is 7.60. The number of methoxy groups -OCH3 is 1. The molecule has 1 atom stereocenters. The largest absolute Gasteiger partial charge is 0.383 e. The van der Waals surface area contributed by atoms with E-state index < -0.39 is 0 Å². The molecular formula is C18H29IN4O2. The van der Waals surface area contributed by atoms with E-state index in [-0.39, 0.29) is 29.9 Å². The highest BCUT2D eigenvalue weighted by Crippen LogP contribution is 2.17. The van der Waals surface area contributed by atoms with Crippen LogP contribution in [0.25, 0.3) is 0 Å². The molecule has 1 aliphatic heterocycles. The fourth-order valence-corrected chi connectivity index (χ4v) is 2.85. The zero-order valence-corrected chi connectivity index (χ0v) is 17.4. The van der Waals surface area contributed by atoms with Gasteiger partial charge in [0.05, 0.1) is 6.61 Å². The summed E-state index contributed by atoms with van der Waals surface area (Å²) in [6.07, 6.45) is 1.52. The smallest absolute Gasteiger partial charge is 0.223 e. The van der Waals surface area contributed by atoms with Crippen molar-refractivity contribution in [2.24, 2.45) is 10.9 Å². The van der Waals surface area contributed by atoms with Crippen LogP contribution in [0.1, 0.15) is 12.0 Å². The van der Waals surface area contributed by atoms with Gasteiger partial charge in [-0.2, -0.15) is 0 Å². The van der Waals surface area contributed by atoms with E-state index in [0.717, 1.165) is 32.0 Å². The fourth-order valence-electron chi connectivity index (χ4n) is 2.85. The molecule has 1 heterocycles. The first-order valence-electron chi connectivity index (χ1n) is 8.48. The number of hydrogen-bond acceptors (Lipinski definition) is 3. The molecule has 1 saturated heterocycles. The third-order valence-corrected chi connectivity index (χ3v) is 4.19. The maximum absolute atomic E-state index is 12.2. The van der Waals surface area contributed by atoms with Crippen LogP contribution in [0, 0.1) is 5.92 Å². The van der Waals surface area contributed by atoms with Crippen molar-refractivity contribution < 1.29 is 9.53 Å². The average molecular weight is 460 g/mol. The molecule has 1 unspecified atom stereocenters. The van der Waals surface area contributed by atoms with E-state index in [4.69, 9.17) is 4.74 Å². The quantitative estimate of drug-likeness (QED) is 0.267. The number of amides is 1. The number of nitrogens with one attached hydrogen (secondary N) is 2. The molecule has 6 nitrogen and oxygen atoms in total. The second-order valence-electron chi connectivity index (χ2n) is 6.02. The predicted octanol–water partition coefficient (Wildman–Crippen LogP) is 1.51. The van der Waals surface area contributed by atoms with E-state index in [0.29, 0.717) is 25.5 Å². The number of carbonyl (C=O) groups excluding carboxylic acids is 1. The van der Waals surface area contributed by atoms with Crippen molar-refractivity contribution in [3.05, 3.63) is 35.9 Å². The second kappa shape index (κ2) is 12.1. The molecule has 1 aliphatic rings. The van der Waals surface area contributed by atoms with E-state index in [1.807, 2.05) is 23.1 Å². The molecule has 1 fully saturated rings. The number of carbonyl (C=O) groups is 1. The number of hydrogen-bond donors (Lipinski definition) is 2. The number of benzene rings is 1. The summed E-state index contributed by atoms with van der Waals surface area (Å²) in [4.78, 5) is 18.3. The minimum absolute atomic E-state index is 0.